The van der Waals surface area contributed by atoms with Crippen LogP contribution in [0.15, 0.2) is 34.9 Å². The highest BCUT2D eigenvalue weighted by molar-refractivity contribution is 5.89. The summed E-state index contributed by atoms with van der Waals surface area (Å²) in [5.74, 6) is -3.72. The Morgan fingerprint density at radius 1 is 0.718 bits per heavy atom. The molecule has 4 saturated carbocycles. The van der Waals surface area contributed by atoms with Crippen molar-refractivity contribution in [2.45, 2.75) is 207 Å². The normalized spacial score (nSPS) is 48.4. The van der Waals surface area contributed by atoms with Gasteiger partial charge in [0.2, 0.25) is 0 Å². The van der Waals surface area contributed by atoms with Gasteiger partial charge in [-0.15, -0.1) is 0 Å². The Hall–Kier alpha value is -2.89. The van der Waals surface area contributed by atoms with Crippen molar-refractivity contribution in [1.82, 2.24) is 0 Å². The lowest BCUT2D eigenvalue weighted by molar-refractivity contribution is -0.374. The number of hydrogen-bond acceptors (Lipinski definition) is 18. The van der Waals surface area contributed by atoms with E-state index in [1.807, 2.05) is 34.6 Å². The van der Waals surface area contributed by atoms with E-state index in [1.165, 1.54) is 0 Å². The molecule has 22 atom stereocenters. The summed E-state index contributed by atoms with van der Waals surface area (Å²) >= 11 is 0. The average Bonchev–Trinajstić information content (AvgIpc) is 3.31. The fourth-order valence-electron chi connectivity index (χ4n) is 15.0. The third-order valence-corrected chi connectivity index (χ3v) is 19.6. The standard InChI is InChI=1S/C52H80O19/c1-12-23(3)43(64)70-40-41(71-44(65)24(4)13-2)52(22-54)26(20-47(40,5)6)25-14-15-29-49(9)18-17-30(48(7,8)28(49)16-19-50(29,10)51(25,11)38(60)39(52)61)67-46-37(34(58)33(57)36(68-46)42(62)63)69-45-35(59)32(56)31(55)27(21-53)66-45/h12-14,26-41,45-46,53-61H,15-22H2,1-11H3,(H,62,63)/b23-12-,24-13-/t26?,27?,28?,29?,30-,31-,32+,33-,34+,35?,36?,37?,38-,39+,40-,41-,45-,46+,49-,50+,51-,52?/m0/s1. The maximum absolute atomic E-state index is 13.8. The lowest BCUT2D eigenvalue weighted by Gasteiger charge is -2.73. The monoisotopic (exact) mass is 1010 g/mol. The molecule has 2 aliphatic heterocycles. The second-order valence-electron chi connectivity index (χ2n) is 23.7. The molecule has 0 aromatic carbocycles. The minimum atomic E-state index is -2.02. The fraction of sp³-hybridized carbons (Fsp3) is 0.827. The van der Waals surface area contributed by atoms with Crippen LogP contribution in [0.1, 0.15) is 115 Å². The molecule has 0 aromatic rings. The average molecular weight is 1010 g/mol. The summed E-state index contributed by atoms with van der Waals surface area (Å²) in [5, 5.41) is 111. The number of aliphatic hydroxyl groups excluding tert-OH is 9. The smallest absolute Gasteiger partial charge is 0.335 e. The van der Waals surface area contributed by atoms with Crippen molar-refractivity contribution in [3.8, 4) is 0 Å². The van der Waals surface area contributed by atoms with E-state index in [4.69, 9.17) is 28.4 Å². The predicted molar refractivity (Wildman–Crippen MR) is 250 cm³/mol. The number of fused-ring (bicyclic) bond motifs is 7. The maximum atomic E-state index is 13.8. The number of aliphatic carboxylic acids is 1. The van der Waals surface area contributed by atoms with E-state index >= 15 is 0 Å². The molecule has 19 nitrogen and oxygen atoms in total. The van der Waals surface area contributed by atoms with Gasteiger partial charge in [-0.05, 0) is 100 Å². The van der Waals surface area contributed by atoms with Gasteiger partial charge >= 0.3 is 17.9 Å². The summed E-state index contributed by atoms with van der Waals surface area (Å²) in [4.78, 5) is 39.6. The number of allylic oxidation sites excluding steroid dienone is 3. The minimum absolute atomic E-state index is 0.0740. The first-order valence-corrected chi connectivity index (χ1v) is 25.2. The quantitative estimate of drug-likeness (QED) is 0.0611. The third-order valence-electron chi connectivity index (χ3n) is 19.6. The second-order valence-corrected chi connectivity index (χ2v) is 23.7. The zero-order valence-electron chi connectivity index (χ0n) is 42.9. The molecule has 2 heterocycles. The zero-order valence-corrected chi connectivity index (χ0v) is 42.9. The van der Waals surface area contributed by atoms with Crippen LogP contribution in [0.2, 0.25) is 0 Å². The predicted octanol–water partition coefficient (Wildman–Crippen LogP) is 1.80. The van der Waals surface area contributed by atoms with E-state index in [2.05, 4.69) is 19.9 Å². The topological polar surface area (TPSA) is 309 Å². The molecule has 6 fully saturated rings. The number of carboxylic acid groups (broad SMARTS) is 1. The Morgan fingerprint density at radius 3 is 1.89 bits per heavy atom. The van der Waals surface area contributed by atoms with Gasteiger partial charge in [-0.1, -0.05) is 72.3 Å². The van der Waals surface area contributed by atoms with Crippen molar-refractivity contribution in [3.05, 3.63) is 34.9 Å². The van der Waals surface area contributed by atoms with E-state index in [0.29, 0.717) is 44.1 Å². The third kappa shape index (κ3) is 8.49. The molecule has 0 spiro atoms. The van der Waals surface area contributed by atoms with Gasteiger partial charge < -0.3 is 79.5 Å². The number of ether oxygens (including phenoxy) is 6. The van der Waals surface area contributed by atoms with E-state index in [9.17, 15) is 65.4 Å². The Morgan fingerprint density at radius 2 is 1.32 bits per heavy atom. The lowest BCUT2D eigenvalue weighted by Crippen LogP contribution is -2.76. The number of carbonyl (C=O) groups is 3. The van der Waals surface area contributed by atoms with Crippen molar-refractivity contribution in [2.75, 3.05) is 13.2 Å². The molecule has 71 heavy (non-hydrogen) atoms. The molecule has 2 saturated heterocycles. The number of aliphatic hydroxyl groups is 9. The van der Waals surface area contributed by atoms with Gasteiger partial charge in [-0.25, -0.2) is 14.4 Å². The first-order chi connectivity index (χ1) is 33.0. The summed E-state index contributed by atoms with van der Waals surface area (Å²) in [6.45, 7) is 19.5. The largest absolute Gasteiger partial charge is 0.479 e. The molecule has 0 amide bonds. The van der Waals surface area contributed by atoms with Crippen molar-refractivity contribution in [3.63, 3.8) is 0 Å². The van der Waals surface area contributed by atoms with E-state index < -0.39 is 161 Å². The molecule has 7 aliphatic rings. The zero-order chi connectivity index (χ0) is 52.9. The highest BCUT2D eigenvalue weighted by Gasteiger charge is 2.76. The van der Waals surface area contributed by atoms with Crippen molar-refractivity contribution in [1.29, 1.82) is 0 Å². The van der Waals surface area contributed by atoms with E-state index in [0.717, 1.165) is 5.57 Å². The lowest BCUT2D eigenvalue weighted by atomic mass is 9.32. The molecule has 5 aliphatic carbocycles. The number of carboxylic acids is 1. The van der Waals surface area contributed by atoms with Gasteiger partial charge in [0, 0.05) is 22.0 Å². The summed E-state index contributed by atoms with van der Waals surface area (Å²) < 4.78 is 36.5. The molecule has 402 valence electrons. The highest BCUT2D eigenvalue weighted by Crippen LogP contribution is 2.76. The van der Waals surface area contributed by atoms with Crippen LogP contribution in [0, 0.1) is 50.2 Å². The number of esters is 2. The van der Waals surface area contributed by atoms with Gasteiger partial charge in [-0.2, -0.15) is 0 Å². The second kappa shape index (κ2) is 19.7. The molecule has 10 N–H and O–H groups in total. The maximum Gasteiger partial charge on any atom is 0.335 e. The van der Waals surface area contributed by atoms with Gasteiger partial charge in [0.05, 0.1) is 36.9 Å². The molecular formula is C52H80O19. The van der Waals surface area contributed by atoms with Crippen LogP contribution < -0.4 is 0 Å². The molecular weight excluding hydrogens is 929 g/mol. The van der Waals surface area contributed by atoms with Crippen LogP contribution >= 0.6 is 0 Å². The van der Waals surface area contributed by atoms with Gasteiger partial charge in [0.1, 0.15) is 48.8 Å². The molecule has 0 aromatic heterocycles. The van der Waals surface area contributed by atoms with Crippen LogP contribution in [-0.4, -0.2) is 174 Å². The SMILES string of the molecule is C/C=C(/C)C(=O)O[C@H]1[C@H](OC(=O)/C(C)=C\C)C2(CO)C(CC1(C)C)C1=CCC3[C@@]4(C)CC[C@H](O[C@@H]5OC(C(=O)O)[C@@H](O)[C@@H](O)C5O[C@@H]5OC(CO)[C@H](O)[C@@H](O)C5O)C(C)(C)C4CC[C@@]3(C)[C@]1(C)[C@@H](O)[C@H]2O. The van der Waals surface area contributed by atoms with Crippen LogP contribution in [0.3, 0.4) is 0 Å². The molecule has 7 rings (SSSR count). The van der Waals surface area contributed by atoms with Gasteiger partial charge in [-0.3, -0.25) is 0 Å². The Kier molecular flexibility index (Phi) is 15.5. The summed E-state index contributed by atoms with van der Waals surface area (Å²) in [5.41, 5.74) is -3.97. The van der Waals surface area contributed by atoms with Crippen LogP contribution in [0.4, 0.5) is 0 Å². The van der Waals surface area contributed by atoms with Crippen LogP contribution in [0.25, 0.3) is 0 Å². The summed E-state index contributed by atoms with van der Waals surface area (Å²) in [7, 11) is 0. The van der Waals surface area contributed by atoms with Crippen molar-refractivity contribution in [2.24, 2.45) is 50.2 Å². The number of carbonyl (C=O) groups excluding carboxylic acids is 2. The summed E-state index contributed by atoms with van der Waals surface area (Å²) in [6.07, 6.45) is -15.8. The Balaban J connectivity index is 1.22. The molecule has 8 unspecified atom stereocenters. The Bertz CT molecular complexity index is 2120. The molecule has 0 radical (unpaired) electrons. The van der Waals surface area contributed by atoms with Crippen LogP contribution in [0.5, 0.6) is 0 Å². The highest BCUT2D eigenvalue weighted by atomic mass is 16.8. The first-order valence-electron chi connectivity index (χ1n) is 25.2. The van der Waals surface area contributed by atoms with Gasteiger partial charge in [0.15, 0.2) is 24.8 Å². The van der Waals surface area contributed by atoms with Crippen molar-refractivity contribution < 1.29 is 93.9 Å². The van der Waals surface area contributed by atoms with E-state index in [-0.39, 0.29) is 17.4 Å². The van der Waals surface area contributed by atoms with Crippen molar-refractivity contribution >= 4 is 17.9 Å². The summed E-state index contributed by atoms with van der Waals surface area (Å²) in [6, 6.07) is 0. The Labute approximate surface area is 415 Å². The van der Waals surface area contributed by atoms with E-state index in [1.54, 1.807) is 39.8 Å². The number of hydrogen-bond donors (Lipinski definition) is 10. The number of rotatable bonds is 11. The molecule has 0 bridgehead atoms. The minimum Gasteiger partial charge on any atom is -0.479 e. The van der Waals surface area contributed by atoms with Crippen LogP contribution in [-0.2, 0) is 42.8 Å². The fourth-order valence-corrected chi connectivity index (χ4v) is 15.0. The molecule has 19 heteroatoms. The van der Waals surface area contributed by atoms with Gasteiger partial charge in [0.25, 0.3) is 0 Å². The first kappa shape index (κ1) is 55.9.